The normalized spacial score (nSPS) is 26.9. The van der Waals surface area contributed by atoms with Crippen LogP contribution >= 0.6 is 0 Å². The van der Waals surface area contributed by atoms with Crippen LogP contribution in [0.25, 0.3) is 0 Å². The molecule has 146 valence electrons. The molecule has 1 N–H and O–H groups in total. The van der Waals surface area contributed by atoms with E-state index in [0.29, 0.717) is 16.9 Å². The van der Waals surface area contributed by atoms with Crippen LogP contribution in [-0.2, 0) is 9.59 Å². The SMILES string of the molecule is Cc1cc(C)cc(NC(=O)c2ccccc2N2C(=O)[C@@H]3[C@@H](C2=O)[C@H]2C=C[C@H]3C2)c1. The molecule has 0 spiro atoms. The summed E-state index contributed by atoms with van der Waals surface area (Å²) in [6.07, 6.45) is 5.02. The molecule has 5 nitrogen and oxygen atoms in total. The number of nitrogens with one attached hydrogen (secondary N) is 1. The fourth-order valence-corrected chi connectivity index (χ4v) is 5.25. The summed E-state index contributed by atoms with van der Waals surface area (Å²) < 4.78 is 0. The van der Waals surface area contributed by atoms with Gasteiger partial charge in [-0.1, -0.05) is 30.4 Å². The van der Waals surface area contributed by atoms with E-state index in [2.05, 4.69) is 17.5 Å². The third-order valence-electron chi connectivity index (χ3n) is 6.34. The van der Waals surface area contributed by atoms with Crippen LogP contribution < -0.4 is 10.2 Å². The zero-order chi connectivity index (χ0) is 20.3. The largest absolute Gasteiger partial charge is 0.322 e. The van der Waals surface area contributed by atoms with Crippen molar-refractivity contribution in [3.63, 3.8) is 0 Å². The van der Waals surface area contributed by atoms with Crippen LogP contribution in [0.5, 0.6) is 0 Å². The Balaban J connectivity index is 1.48. The van der Waals surface area contributed by atoms with Gasteiger partial charge >= 0.3 is 0 Å². The first-order valence-corrected chi connectivity index (χ1v) is 9.99. The van der Waals surface area contributed by atoms with E-state index in [1.165, 1.54) is 4.90 Å². The number of para-hydroxylation sites is 1. The van der Waals surface area contributed by atoms with Crippen molar-refractivity contribution >= 4 is 29.1 Å². The first-order chi connectivity index (χ1) is 13.9. The number of rotatable bonds is 3. The number of benzene rings is 2. The van der Waals surface area contributed by atoms with Gasteiger partial charge in [0.1, 0.15) is 0 Å². The number of hydrogen-bond acceptors (Lipinski definition) is 3. The molecular weight excluding hydrogens is 364 g/mol. The lowest BCUT2D eigenvalue weighted by Gasteiger charge is -2.20. The molecule has 3 aliphatic rings. The number of allylic oxidation sites excluding steroid dienone is 2. The van der Waals surface area contributed by atoms with Gasteiger partial charge in [-0.15, -0.1) is 0 Å². The van der Waals surface area contributed by atoms with Crippen molar-refractivity contribution in [3.05, 3.63) is 71.3 Å². The number of carbonyl (C=O) groups is 3. The number of amides is 3. The van der Waals surface area contributed by atoms with Crippen molar-refractivity contribution in [1.29, 1.82) is 0 Å². The van der Waals surface area contributed by atoms with Crippen LogP contribution in [0, 0.1) is 37.5 Å². The average molecular weight is 386 g/mol. The van der Waals surface area contributed by atoms with E-state index >= 15 is 0 Å². The fourth-order valence-electron chi connectivity index (χ4n) is 5.25. The summed E-state index contributed by atoms with van der Waals surface area (Å²) in [4.78, 5) is 40.6. The van der Waals surface area contributed by atoms with Crippen LogP contribution in [0.3, 0.4) is 0 Å². The van der Waals surface area contributed by atoms with Gasteiger partial charge < -0.3 is 5.32 Å². The molecule has 5 heteroatoms. The molecule has 0 aromatic heterocycles. The number of carbonyl (C=O) groups excluding carboxylic acids is 3. The Kier molecular flexibility index (Phi) is 3.95. The van der Waals surface area contributed by atoms with E-state index < -0.39 is 0 Å². The molecule has 1 aliphatic heterocycles. The Morgan fingerprint density at radius 1 is 0.931 bits per heavy atom. The topological polar surface area (TPSA) is 66.5 Å². The summed E-state index contributed by atoms with van der Waals surface area (Å²) in [6, 6.07) is 12.7. The van der Waals surface area contributed by atoms with Gasteiger partial charge in [0.2, 0.25) is 11.8 Å². The average Bonchev–Trinajstić information content (AvgIpc) is 3.35. The molecule has 2 bridgehead atoms. The molecule has 29 heavy (non-hydrogen) atoms. The molecule has 2 fully saturated rings. The Hall–Kier alpha value is -3.21. The smallest absolute Gasteiger partial charge is 0.257 e. The maximum atomic E-state index is 13.1. The quantitative estimate of drug-likeness (QED) is 0.643. The van der Waals surface area contributed by atoms with Gasteiger partial charge in [0, 0.05) is 5.69 Å². The van der Waals surface area contributed by atoms with Gasteiger partial charge in [-0.25, -0.2) is 4.90 Å². The molecule has 1 saturated carbocycles. The fraction of sp³-hybridized carbons (Fsp3) is 0.292. The first-order valence-electron chi connectivity index (χ1n) is 9.99. The van der Waals surface area contributed by atoms with E-state index in [9.17, 15) is 14.4 Å². The number of fused-ring (bicyclic) bond motifs is 5. The third kappa shape index (κ3) is 2.72. The molecule has 1 heterocycles. The second-order valence-electron chi connectivity index (χ2n) is 8.36. The Morgan fingerprint density at radius 2 is 1.52 bits per heavy atom. The minimum Gasteiger partial charge on any atom is -0.322 e. The number of anilines is 2. The minimum atomic E-state index is -0.329. The standard InChI is InChI=1S/C24H22N2O3/c1-13-9-14(2)11-17(10-13)25-22(27)18-5-3-4-6-19(18)26-23(28)20-15-7-8-16(12-15)21(20)24(26)29/h3-11,15-16,20-21H,12H2,1-2H3,(H,25,27)/t15-,16-,20-,21-/m0/s1. The zero-order valence-electron chi connectivity index (χ0n) is 16.4. The molecule has 4 atom stereocenters. The minimum absolute atomic E-state index is 0.141. The van der Waals surface area contributed by atoms with Gasteiger partial charge in [-0.3, -0.25) is 14.4 Å². The van der Waals surface area contributed by atoms with Gasteiger partial charge in [0.05, 0.1) is 23.1 Å². The summed E-state index contributed by atoms with van der Waals surface area (Å²) in [5.74, 6) is -0.970. The molecule has 3 amide bonds. The van der Waals surface area contributed by atoms with Crippen LogP contribution in [0.1, 0.15) is 27.9 Å². The highest BCUT2D eigenvalue weighted by atomic mass is 16.2. The van der Waals surface area contributed by atoms with Crippen molar-refractivity contribution < 1.29 is 14.4 Å². The van der Waals surface area contributed by atoms with Crippen molar-refractivity contribution in [3.8, 4) is 0 Å². The van der Waals surface area contributed by atoms with Gasteiger partial charge in [-0.05, 0) is 67.5 Å². The van der Waals surface area contributed by atoms with Crippen LogP contribution in [0.15, 0.2) is 54.6 Å². The maximum Gasteiger partial charge on any atom is 0.257 e. The second kappa shape index (κ2) is 6.41. The molecule has 0 unspecified atom stereocenters. The highest BCUT2D eigenvalue weighted by Crippen LogP contribution is 2.53. The first kappa shape index (κ1) is 17.9. The van der Waals surface area contributed by atoms with Crippen molar-refractivity contribution in [2.75, 3.05) is 10.2 Å². The predicted octanol–water partition coefficient (Wildman–Crippen LogP) is 3.87. The monoisotopic (exact) mass is 386 g/mol. The molecular formula is C24H22N2O3. The lowest BCUT2D eigenvalue weighted by molar-refractivity contribution is -0.123. The summed E-state index contributed by atoms with van der Waals surface area (Å²) >= 11 is 0. The number of imide groups is 1. The highest BCUT2D eigenvalue weighted by Gasteiger charge is 2.59. The Labute approximate surface area is 169 Å². The number of hydrogen-bond donors (Lipinski definition) is 1. The lowest BCUT2D eigenvalue weighted by atomic mass is 9.85. The van der Waals surface area contributed by atoms with E-state index in [1.807, 2.05) is 32.0 Å². The number of nitrogens with zero attached hydrogens (tertiary/aromatic N) is 1. The predicted molar refractivity (Wildman–Crippen MR) is 111 cm³/mol. The Bertz CT molecular complexity index is 1040. The Morgan fingerprint density at radius 3 is 2.14 bits per heavy atom. The van der Waals surface area contributed by atoms with Crippen molar-refractivity contribution in [2.45, 2.75) is 20.3 Å². The van der Waals surface area contributed by atoms with Crippen molar-refractivity contribution in [1.82, 2.24) is 0 Å². The van der Waals surface area contributed by atoms with Gasteiger partial charge in [0.25, 0.3) is 5.91 Å². The lowest BCUT2D eigenvalue weighted by Crippen LogP contribution is -2.34. The molecule has 0 radical (unpaired) electrons. The molecule has 2 aliphatic carbocycles. The summed E-state index contributed by atoms with van der Waals surface area (Å²) in [6.45, 7) is 3.94. The van der Waals surface area contributed by atoms with Crippen LogP contribution in [0.2, 0.25) is 0 Å². The summed E-state index contributed by atoms with van der Waals surface area (Å²) in [5, 5.41) is 2.91. The summed E-state index contributed by atoms with van der Waals surface area (Å²) in [5.41, 5.74) is 3.50. The van der Waals surface area contributed by atoms with E-state index in [1.54, 1.807) is 24.3 Å². The highest BCUT2D eigenvalue weighted by molar-refractivity contribution is 6.25. The van der Waals surface area contributed by atoms with Crippen LogP contribution in [0.4, 0.5) is 11.4 Å². The van der Waals surface area contributed by atoms with Gasteiger partial charge in [0.15, 0.2) is 0 Å². The van der Waals surface area contributed by atoms with Gasteiger partial charge in [-0.2, -0.15) is 0 Å². The van der Waals surface area contributed by atoms with Crippen LogP contribution in [-0.4, -0.2) is 17.7 Å². The third-order valence-corrected chi connectivity index (χ3v) is 6.34. The van der Waals surface area contributed by atoms with E-state index in [4.69, 9.17) is 0 Å². The zero-order valence-corrected chi connectivity index (χ0v) is 16.4. The van der Waals surface area contributed by atoms with Crippen molar-refractivity contribution in [2.24, 2.45) is 23.7 Å². The van der Waals surface area contributed by atoms with E-state index in [0.717, 1.165) is 17.5 Å². The second-order valence-corrected chi connectivity index (χ2v) is 8.36. The molecule has 5 rings (SSSR count). The molecule has 2 aromatic rings. The maximum absolute atomic E-state index is 13.1. The molecule has 1 saturated heterocycles. The van der Waals surface area contributed by atoms with E-state index in [-0.39, 0.29) is 41.4 Å². The summed E-state index contributed by atoms with van der Waals surface area (Å²) in [7, 11) is 0. The molecule has 2 aromatic carbocycles. The number of aryl methyl sites for hydroxylation is 2.